The van der Waals surface area contributed by atoms with E-state index < -0.39 is 6.04 Å². The molecule has 0 spiro atoms. The van der Waals surface area contributed by atoms with E-state index in [2.05, 4.69) is 27.1 Å². The van der Waals surface area contributed by atoms with Crippen molar-refractivity contribution in [2.24, 2.45) is 0 Å². The molecule has 2 amide bonds. The summed E-state index contributed by atoms with van der Waals surface area (Å²) in [6.07, 6.45) is 3.26. The smallest absolute Gasteiger partial charge is 0.273 e. The standard InChI is InChI=1S/C29H29N3O3S/c33-28-27(10-3-4-15-30-28)32(29(34)26-12-11-23-7-1-2-9-25(23)31-26)19-22-6-5-8-24(18-22)35-16-13-21-14-17-36-20-21/h1-2,5-9,11-12,14,17-18,20,27H,3-4,10,13,15-16,19H2,(H,30,33)/t27-/m0/s1. The van der Waals surface area contributed by atoms with Gasteiger partial charge in [0.25, 0.3) is 5.91 Å². The fourth-order valence-electron chi connectivity index (χ4n) is 4.53. The van der Waals surface area contributed by atoms with E-state index in [1.807, 2.05) is 54.6 Å². The summed E-state index contributed by atoms with van der Waals surface area (Å²) in [4.78, 5) is 33.0. The number of hydrogen-bond acceptors (Lipinski definition) is 5. The largest absolute Gasteiger partial charge is 0.493 e. The van der Waals surface area contributed by atoms with Gasteiger partial charge in [-0.25, -0.2) is 4.98 Å². The first-order chi connectivity index (χ1) is 17.7. The molecule has 6 nitrogen and oxygen atoms in total. The van der Waals surface area contributed by atoms with Crippen LogP contribution in [0, 0.1) is 0 Å². The van der Waals surface area contributed by atoms with Crippen LogP contribution in [0.4, 0.5) is 0 Å². The first kappa shape index (κ1) is 24.0. The average Bonchev–Trinajstić information content (AvgIpc) is 3.34. The molecule has 0 unspecified atom stereocenters. The normalized spacial score (nSPS) is 15.8. The summed E-state index contributed by atoms with van der Waals surface area (Å²) < 4.78 is 5.99. The highest BCUT2D eigenvalue weighted by Gasteiger charge is 2.32. The molecule has 184 valence electrons. The Hall–Kier alpha value is -3.71. The molecule has 5 rings (SSSR count). The third-order valence-corrected chi connectivity index (χ3v) is 7.18. The van der Waals surface area contributed by atoms with Gasteiger partial charge in [-0.3, -0.25) is 9.59 Å². The van der Waals surface area contributed by atoms with E-state index >= 15 is 0 Å². The number of ether oxygens (including phenoxy) is 1. The van der Waals surface area contributed by atoms with Crippen LogP contribution in [0.1, 0.15) is 40.9 Å². The predicted molar refractivity (Wildman–Crippen MR) is 142 cm³/mol. The van der Waals surface area contributed by atoms with E-state index in [1.165, 1.54) is 5.56 Å². The number of hydrogen-bond donors (Lipinski definition) is 1. The maximum atomic E-state index is 13.8. The van der Waals surface area contributed by atoms with Gasteiger partial charge in [-0.2, -0.15) is 11.3 Å². The Morgan fingerprint density at radius 3 is 2.86 bits per heavy atom. The van der Waals surface area contributed by atoms with E-state index in [9.17, 15) is 9.59 Å². The average molecular weight is 500 g/mol. The molecule has 1 fully saturated rings. The molecule has 1 aliphatic rings. The summed E-state index contributed by atoms with van der Waals surface area (Å²) in [6, 6.07) is 20.7. The topological polar surface area (TPSA) is 71.5 Å². The summed E-state index contributed by atoms with van der Waals surface area (Å²) in [5.74, 6) is 0.403. The van der Waals surface area contributed by atoms with Gasteiger partial charge in [-0.1, -0.05) is 36.4 Å². The molecular formula is C29H29N3O3S. The Balaban J connectivity index is 1.38. The van der Waals surface area contributed by atoms with Crippen molar-refractivity contribution in [2.75, 3.05) is 13.2 Å². The maximum absolute atomic E-state index is 13.8. The van der Waals surface area contributed by atoms with Gasteiger partial charge in [0.05, 0.1) is 12.1 Å². The lowest BCUT2D eigenvalue weighted by Gasteiger charge is -2.30. The molecule has 0 bridgehead atoms. The highest BCUT2D eigenvalue weighted by molar-refractivity contribution is 7.07. The van der Waals surface area contributed by atoms with Crippen LogP contribution < -0.4 is 10.1 Å². The van der Waals surface area contributed by atoms with E-state index in [-0.39, 0.29) is 11.8 Å². The van der Waals surface area contributed by atoms with Crippen LogP contribution in [0.15, 0.2) is 77.5 Å². The van der Waals surface area contributed by atoms with Crippen molar-refractivity contribution >= 4 is 34.1 Å². The van der Waals surface area contributed by atoms with E-state index in [0.29, 0.717) is 31.8 Å². The zero-order valence-electron chi connectivity index (χ0n) is 20.1. The van der Waals surface area contributed by atoms with Crippen molar-refractivity contribution < 1.29 is 14.3 Å². The number of carbonyl (C=O) groups excluding carboxylic acids is 2. The van der Waals surface area contributed by atoms with Gasteiger partial charge >= 0.3 is 0 Å². The van der Waals surface area contributed by atoms with Crippen LogP contribution >= 0.6 is 11.3 Å². The molecule has 0 radical (unpaired) electrons. The number of amides is 2. The number of thiophene rings is 1. The third kappa shape index (κ3) is 5.74. The molecule has 0 aliphatic carbocycles. The van der Waals surface area contributed by atoms with Gasteiger partial charge in [0.15, 0.2) is 0 Å². The van der Waals surface area contributed by atoms with E-state index in [0.717, 1.165) is 41.5 Å². The lowest BCUT2D eigenvalue weighted by molar-refractivity contribution is -0.125. The number of nitrogens with zero attached hydrogens (tertiary/aromatic N) is 2. The minimum absolute atomic E-state index is 0.107. The van der Waals surface area contributed by atoms with Gasteiger partial charge < -0.3 is 15.0 Å². The quantitative estimate of drug-likeness (QED) is 0.360. The number of fused-ring (bicyclic) bond motifs is 1. The van der Waals surface area contributed by atoms with Gasteiger partial charge in [-0.05, 0) is 71.5 Å². The summed E-state index contributed by atoms with van der Waals surface area (Å²) in [5, 5.41) is 8.14. The molecule has 1 saturated heterocycles. The second-order valence-corrected chi connectivity index (χ2v) is 9.78. The molecule has 7 heteroatoms. The maximum Gasteiger partial charge on any atom is 0.273 e. The van der Waals surface area contributed by atoms with Crippen LogP contribution in [-0.2, 0) is 17.8 Å². The van der Waals surface area contributed by atoms with Crippen molar-refractivity contribution in [1.82, 2.24) is 15.2 Å². The summed E-state index contributed by atoms with van der Waals surface area (Å²) in [5.41, 5.74) is 3.27. The van der Waals surface area contributed by atoms with Crippen molar-refractivity contribution in [1.29, 1.82) is 0 Å². The van der Waals surface area contributed by atoms with E-state index in [4.69, 9.17) is 4.74 Å². The number of benzene rings is 2. The van der Waals surface area contributed by atoms with Crippen LogP contribution in [0.2, 0.25) is 0 Å². The molecular weight excluding hydrogens is 470 g/mol. The SMILES string of the molecule is O=C1NCCCC[C@@H]1N(Cc1cccc(OCCc2ccsc2)c1)C(=O)c1ccc2ccccc2n1. The first-order valence-corrected chi connectivity index (χ1v) is 13.3. The summed E-state index contributed by atoms with van der Waals surface area (Å²) >= 11 is 1.68. The zero-order chi connectivity index (χ0) is 24.7. The van der Waals surface area contributed by atoms with Crippen LogP contribution in [-0.4, -0.2) is 40.9 Å². The van der Waals surface area contributed by atoms with Crippen LogP contribution in [0.5, 0.6) is 5.75 Å². The van der Waals surface area contributed by atoms with Crippen LogP contribution in [0.3, 0.4) is 0 Å². The Morgan fingerprint density at radius 2 is 1.97 bits per heavy atom. The van der Waals surface area contributed by atoms with Gasteiger partial charge in [0.1, 0.15) is 17.5 Å². The number of pyridine rings is 1. The highest BCUT2D eigenvalue weighted by atomic mass is 32.1. The number of rotatable bonds is 8. The second-order valence-electron chi connectivity index (χ2n) is 9.00. The van der Waals surface area contributed by atoms with Gasteiger partial charge in [0, 0.05) is 24.9 Å². The fourth-order valence-corrected chi connectivity index (χ4v) is 5.23. The predicted octanol–water partition coefficient (Wildman–Crippen LogP) is 5.23. The molecule has 0 saturated carbocycles. The molecule has 1 N–H and O–H groups in total. The highest BCUT2D eigenvalue weighted by Crippen LogP contribution is 2.22. The minimum atomic E-state index is -0.545. The zero-order valence-corrected chi connectivity index (χ0v) is 20.9. The van der Waals surface area contributed by atoms with Crippen molar-refractivity contribution in [3.63, 3.8) is 0 Å². The molecule has 1 atom stereocenters. The van der Waals surface area contributed by atoms with Gasteiger partial charge in [0.2, 0.25) is 5.91 Å². The Morgan fingerprint density at radius 1 is 1.06 bits per heavy atom. The molecule has 3 heterocycles. The van der Waals surface area contributed by atoms with Crippen LogP contribution in [0.25, 0.3) is 10.9 Å². The fraction of sp³-hybridized carbons (Fsp3) is 0.276. The Labute approximate surface area is 214 Å². The summed E-state index contributed by atoms with van der Waals surface area (Å²) in [6.45, 7) is 1.51. The number of carbonyl (C=O) groups is 2. The molecule has 2 aromatic carbocycles. The molecule has 4 aromatic rings. The lowest BCUT2D eigenvalue weighted by atomic mass is 10.1. The number of nitrogens with one attached hydrogen (secondary N) is 1. The van der Waals surface area contributed by atoms with E-state index in [1.54, 1.807) is 22.3 Å². The second kappa shape index (κ2) is 11.4. The monoisotopic (exact) mass is 499 g/mol. The molecule has 1 aliphatic heterocycles. The number of aromatic nitrogens is 1. The molecule has 2 aromatic heterocycles. The first-order valence-electron chi connectivity index (χ1n) is 12.3. The minimum Gasteiger partial charge on any atom is -0.493 e. The Kier molecular flexibility index (Phi) is 7.57. The lowest BCUT2D eigenvalue weighted by Crippen LogP contribution is -2.48. The van der Waals surface area contributed by atoms with Crippen molar-refractivity contribution in [2.45, 2.75) is 38.3 Å². The number of para-hydroxylation sites is 1. The van der Waals surface area contributed by atoms with Crippen molar-refractivity contribution in [3.8, 4) is 5.75 Å². The van der Waals surface area contributed by atoms with Crippen molar-refractivity contribution in [3.05, 3.63) is 94.3 Å². The third-order valence-electron chi connectivity index (χ3n) is 6.45. The Bertz CT molecular complexity index is 1340. The van der Waals surface area contributed by atoms with Gasteiger partial charge in [-0.15, -0.1) is 0 Å². The summed E-state index contributed by atoms with van der Waals surface area (Å²) in [7, 11) is 0. The molecule has 36 heavy (non-hydrogen) atoms.